The van der Waals surface area contributed by atoms with Crippen molar-refractivity contribution in [3.63, 3.8) is 0 Å². The molecule has 0 unspecified atom stereocenters. The maximum atomic E-state index is 11.4. The Bertz CT molecular complexity index is 863. The number of carbonyl (C=O) groups is 1. The van der Waals surface area contributed by atoms with E-state index in [2.05, 4.69) is 15.8 Å². The second-order valence-electron chi connectivity index (χ2n) is 5.38. The molecule has 0 aliphatic rings. The fraction of sp³-hybridized carbons (Fsp3) is 0.0526. The number of pyridine rings is 1. The maximum Gasteiger partial charge on any atom is 0.159 e. The van der Waals surface area contributed by atoms with Crippen molar-refractivity contribution in [1.82, 2.24) is 4.98 Å². The van der Waals surface area contributed by atoms with Gasteiger partial charge in [-0.25, -0.2) is 0 Å². The minimum Gasteiger partial charge on any atom is -0.354 e. The summed E-state index contributed by atoms with van der Waals surface area (Å²) in [5.74, 6) is -0.0587. The van der Waals surface area contributed by atoms with Crippen molar-refractivity contribution in [1.29, 1.82) is 0 Å². The molecule has 5 heteroatoms. The average Bonchev–Trinajstić information content (AvgIpc) is 2.63. The molecule has 0 atom stereocenters. The zero-order chi connectivity index (χ0) is 16.9. The lowest BCUT2D eigenvalue weighted by Crippen LogP contribution is -2.01. The third kappa shape index (κ3) is 3.42. The Balaban J connectivity index is 1.90. The summed E-state index contributed by atoms with van der Waals surface area (Å²) in [5, 5.41) is 12.6. The van der Waals surface area contributed by atoms with E-state index in [1.54, 1.807) is 24.4 Å². The Hall–Kier alpha value is -3.18. The summed E-state index contributed by atoms with van der Waals surface area (Å²) in [6.07, 6.45) is 3.54. The molecule has 0 fully saturated rings. The quantitative estimate of drug-likeness (QED) is 0.477. The standard InChI is InChI=1S/C19H17N3O2/c1-13(23)14-7-8-18(19(11-14)22-24)21-17-6-2-4-15(10-17)16-5-3-9-20-12-16/h2-12,21-22,24H,1H3. The van der Waals surface area contributed by atoms with Gasteiger partial charge in [0.25, 0.3) is 0 Å². The number of nitrogens with zero attached hydrogens (tertiary/aromatic N) is 1. The molecule has 3 rings (SSSR count). The smallest absolute Gasteiger partial charge is 0.159 e. The van der Waals surface area contributed by atoms with E-state index < -0.39 is 0 Å². The number of Topliss-reactive ketones (excluding diaryl/α,β-unsaturated/α-hetero) is 1. The van der Waals surface area contributed by atoms with Gasteiger partial charge in [-0.1, -0.05) is 18.2 Å². The van der Waals surface area contributed by atoms with Crippen molar-refractivity contribution in [2.24, 2.45) is 0 Å². The van der Waals surface area contributed by atoms with Crippen LogP contribution in [0.25, 0.3) is 11.1 Å². The first-order valence-corrected chi connectivity index (χ1v) is 7.50. The Morgan fingerprint density at radius 3 is 2.54 bits per heavy atom. The molecule has 3 N–H and O–H groups in total. The molecule has 0 spiro atoms. The van der Waals surface area contributed by atoms with Crippen LogP contribution in [0.1, 0.15) is 17.3 Å². The molecule has 1 heterocycles. The van der Waals surface area contributed by atoms with Gasteiger partial charge in [-0.15, -0.1) is 0 Å². The van der Waals surface area contributed by atoms with E-state index in [1.807, 2.05) is 42.6 Å². The van der Waals surface area contributed by atoms with Gasteiger partial charge < -0.3 is 5.32 Å². The van der Waals surface area contributed by atoms with Crippen molar-refractivity contribution in [3.8, 4) is 11.1 Å². The number of hydrogen-bond acceptors (Lipinski definition) is 5. The van der Waals surface area contributed by atoms with Gasteiger partial charge in [0.05, 0.1) is 11.4 Å². The normalized spacial score (nSPS) is 10.2. The molecule has 2 aromatic carbocycles. The van der Waals surface area contributed by atoms with Crippen LogP contribution in [0.4, 0.5) is 17.1 Å². The fourth-order valence-corrected chi connectivity index (χ4v) is 2.43. The molecular formula is C19H17N3O2. The van der Waals surface area contributed by atoms with Gasteiger partial charge in [-0.05, 0) is 48.9 Å². The van der Waals surface area contributed by atoms with E-state index in [0.29, 0.717) is 16.9 Å². The molecule has 0 saturated heterocycles. The van der Waals surface area contributed by atoms with Gasteiger partial charge in [-0.3, -0.25) is 20.5 Å². The topological polar surface area (TPSA) is 74.2 Å². The van der Waals surface area contributed by atoms with Crippen LogP contribution in [-0.2, 0) is 0 Å². The summed E-state index contributed by atoms with van der Waals surface area (Å²) < 4.78 is 0. The molecule has 0 saturated carbocycles. The molecule has 24 heavy (non-hydrogen) atoms. The fourth-order valence-electron chi connectivity index (χ4n) is 2.43. The predicted octanol–water partition coefficient (Wildman–Crippen LogP) is 4.50. The highest BCUT2D eigenvalue weighted by atomic mass is 16.5. The number of aromatic nitrogens is 1. The minimum absolute atomic E-state index is 0.0587. The second-order valence-corrected chi connectivity index (χ2v) is 5.38. The molecule has 0 radical (unpaired) electrons. The maximum absolute atomic E-state index is 11.4. The Morgan fingerprint density at radius 1 is 1.00 bits per heavy atom. The number of benzene rings is 2. The molecule has 0 aliphatic heterocycles. The van der Waals surface area contributed by atoms with Crippen molar-refractivity contribution >= 4 is 22.8 Å². The lowest BCUT2D eigenvalue weighted by Gasteiger charge is -2.13. The summed E-state index contributed by atoms with van der Waals surface area (Å²) in [6, 6.07) is 16.8. The van der Waals surface area contributed by atoms with E-state index in [9.17, 15) is 10.0 Å². The zero-order valence-electron chi connectivity index (χ0n) is 13.2. The van der Waals surface area contributed by atoms with Gasteiger partial charge >= 0.3 is 0 Å². The SMILES string of the molecule is CC(=O)c1ccc(Nc2cccc(-c3cccnc3)c2)c(NO)c1. The summed E-state index contributed by atoms with van der Waals surface area (Å²) >= 11 is 0. The predicted molar refractivity (Wildman–Crippen MR) is 94.8 cm³/mol. The third-order valence-electron chi connectivity index (χ3n) is 3.68. The van der Waals surface area contributed by atoms with Crippen LogP contribution in [0, 0.1) is 0 Å². The van der Waals surface area contributed by atoms with Crippen LogP contribution in [0.2, 0.25) is 0 Å². The average molecular weight is 319 g/mol. The highest BCUT2D eigenvalue weighted by Crippen LogP contribution is 2.29. The van der Waals surface area contributed by atoms with Crippen LogP contribution in [0.5, 0.6) is 0 Å². The number of ketones is 1. The monoisotopic (exact) mass is 319 g/mol. The Kier molecular flexibility index (Phi) is 4.54. The van der Waals surface area contributed by atoms with Crippen molar-refractivity contribution in [3.05, 3.63) is 72.6 Å². The van der Waals surface area contributed by atoms with Crippen molar-refractivity contribution in [2.75, 3.05) is 10.8 Å². The van der Waals surface area contributed by atoms with Gasteiger partial charge in [0.15, 0.2) is 5.78 Å². The van der Waals surface area contributed by atoms with Crippen LogP contribution in [0.15, 0.2) is 67.0 Å². The number of nitrogens with one attached hydrogen (secondary N) is 2. The van der Waals surface area contributed by atoms with Gasteiger partial charge in [0, 0.05) is 29.2 Å². The van der Waals surface area contributed by atoms with E-state index >= 15 is 0 Å². The zero-order valence-corrected chi connectivity index (χ0v) is 13.2. The minimum atomic E-state index is -0.0587. The third-order valence-corrected chi connectivity index (χ3v) is 3.68. The number of rotatable bonds is 5. The number of anilines is 3. The summed E-state index contributed by atoms with van der Waals surface area (Å²) in [5.41, 5.74) is 6.69. The summed E-state index contributed by atoms with van der Waals surface area (Å²) in [4.78, 5) is 15.6. The molecule has 1 aromatic heterocycles. The highest BCUT2D eigenvalue weighted by Gasteiger charge is 2.07. The first kappa shape index (κ1) is 15.7. The van der Waals surface area contributed by atoms with Crippen molar-refractivity contribution in [2.45, 2.75) is 6.92 Å². The van der Waals surface area contributed by atoms with Gasteiger partial charge in [-0.2, -0.15) is 0 Å². The van der Waals surface area contributed by atoms with Crippen LogP contribution in [-0.4, -0.2) is 16.0 Å². The lowest BCUT2D eigenvalue weighted by molar-refractivity contribution is 0.101. The summed E-state index contributed by atoms with van der Waals surface area (Å²) in [7, 11) is 0. The molecule has 0 aliphatic carbocycles. The largest absolute Gasteiger partial charge is 0.354 e. The van der Waals surface area contributed by atoms with Gasteiger partial charge in [0.2, 0.25) is 0 Å². The molecule has 0 amide bonds. The first-order valence-electron chi connectivity index (χ1n) is 7.50. The van der Waals surface area contributed by atoms with Crippen LogP contribution < -0.4 is 10.8 Å². The Morgan fingerprint density at radius 2 is 1.83 bits per heavy atom. The Labute approximate surface area is 140 Å². The first-order chi connectivity index (χ1) is 11.7. The molecule has 120 valence electrons. The van der Waals surface area contributed by atoms with Crippen LogP contribution >= 0.6 is 0 Å². The van der Waals surface area contributed by atoms with Crippen LogP contribution in [0.3, 0.4) is 0 Å². The molecule has 5 nitrogen and oxygen atoms in total. The number of hydrogen-bond donors (Lipinski definition) is 3. The second kappa shape index (κ2) is 6.93. The van der Waals surface area contributed by atoms with E-state index in [-0.39, 0.29) is 5.78 Å². The summed E-state index contributed by atoms with van der Waals surface area (Å²) in [6.45, 7) is 1.49. The van der Waals surface area contributed by atoms with E-state index in [1.165, 1.54) is 6.92 Å². The van der Waals surface area contributed by atoms with Crippen molar-refractivity contribution < 1.29 is 10.0 Å². The highest BCUT2D eigenvalue weighted by molar-refractivity contribution is 5.96. The molecular weight excluding hydrogens is 302 g/mol. The lowest BCUT2D eigenvalue weighted by atomic mass is 10.1. The van der Waals surface area contributed by atoms with E-state index in [0.717, 1.165) is 16.8 Å². The van der Waals surface area contributed by atoms with E-state index in [4.69, 9.17) is 0 Å². The van der Waals surface area contributed by atoms with Gasteiger partial charge in [0.1, 0.15) is 0 Å². The number of carbonyl (C=O) groups excluding carboxylic acids is 1. The molecule has 3 aromatic rings. The molecule has 0 bridgehead atoms.